The second-order valence-electron chi connectivity index (χ2n) is 4.87. The van der Waals surface area contributed by atoms with Gasteiger partial charge in [-0.1, -0.05) is 13.3 Å². The molecule has 1 aromatic rings. The molecule has 2 rings (SSSR count). The molecule has 5 nitrogen and oxygen atoms in total. The molecular weight excluding hydrogens is 234 g/mol. The molecule has 0 bridgehead atoms. The minimum Gasteiger partial charge on any atom is -0.508 e. The molecular formula is C13H17NO4. The number of likely N-dealkylation sites (tertiary alicyclic amines) is 1. The van der Waals surface area contributed by atoms with E-state index in [-0.39, 0.29) is 23.0 Å². The van der Waals surface area contributed by atoms with E-state index in [0.717, 1.165) is 6.42 Å². The topological polar surface area (TPSA) is 81.0 Å². The average Bonchev–Trinajstić information content (AvgIpc) is 2.23. The van der Waals surface area contributed by atoms with Crippen LogP contribution in [-0.2, 0) is 0 Å². The first-order valence-corrected chi connectivity index (χ1v) is 5.98. The van der Waals surface area contributed by atoms with Gasteiger partial charge in [0.1, 0.15) is 11.5 Å². The van der Waals surface area contributed by atoms with Crippen molar-refractivity contribution in [1.82, 2.24) is 4.90 Å². The maximum Gasteiger partial charge on any atom is 0.254 e. The largest absolute Gasteiger partial charge is 0.508 e. The van der Waals surface area contributed by atoms with Gasteiger partial charge in [-0.25, -0.2) is 0 Å². The normalized spacial score (nSPS) is 17.3. The van der Waals surface area contributed by atoms with Gasteiger partial charge in [-0.15, -0.1) is 0 Å². The lowest BCUT2D eigenvalue weighted by Gasteiger charge is -2.46. The Labute approximate surface area is 105 Å². The molecule has 1 heterocycles. The molecule has 0 radical (unpaired) electrons. The Morgan fingerprint density at radius 3 is 2.33 bits per heavy atom. The molecule has 0 aromatic heterocycles. The first kappa shape index (κ1) is 12.7. The predicted molar refractivity (Wildman–Crippen MR) is 65.5 cm³/mol. The van der Waals surface area contributed by atoms with Crippen LogP contribution in [0.5, 0.6) is 11.5 Å². The second kappa shape index (κ2) is 4.49. The standard InChI is InChI=1S/C13H17NO4/c1-2-3-13(18)7-14(8-13)12(17)9-4-10(15)6-11(16)5-9/h4-6,15-16,18H,2-3,7-8H2,1H3. The van der Waals surface area contributed by atoms with Crippen molar-refractivity contribution in [3.8, 4) is 11.5 Å². The van der Waals surface area contributed by atoms with Gasteiger partial charge in [0.15, 0.2) is 0 Å². The summed E-state index contributed by atoms with van der Waals surface area (Å²) in [5, 5.41) is 28.6. The van der Waals surface area contributed by atoms with Crippen molar-refractivity contribution in [2.45, 2.75) is 25.4 Å². The van der Waals surface area contributed by atoms with Gasteiger partial charge in [-0.2, -0.15) is 0 Å². The van der Waals surface area contributed by atoms with Gasteiger partial charge >= 0.3 is 0 Å². The highest BCUT2D eigenvalue weighted by atomic mass is 16.3. The third kappa shape index (κ3) is 2.41. The van der Waals surface area contributed by atoms with Crippen LogP contribution in [0.2, 0.25) is 0 Å². The number of nitrogens with zero attached hydrogens (tertiary/aromatic N) is 1. The Hall–Kier alpha value is -1.75. The van der Waals surface area contributed by atoms with Crippen molar-refractivity contribution in [2.75, 3.05) is 13.1 Å². The van der Waals surface area contributed by atoms with Gasteiger partial charge in [0, 0.05) is 11.6 Å². The van der Waals surface area contributed by atoms with E-state index in [1.54, 1.807) is 0 Å². The van der Waals surface area contributed by atoms with Crippen molar-refractivity contribution in [3.05, 3.63) is 23.8 Å². The Morgan fingerprint density at radius 1 is 1.28 bits per heavy atom. The first-order chi connectivity index (χ1) is 8.43. The highest BCUT2D eigenvalue weighted by Crippen LogP contribution is 2.29. The van der Waals surface area contributed by atoms with Crippen LogP contribution >= 0.6 is 0 Å². The molecule has 1 aliphatic rings. The van der Waals surface area contributed by atoms with E-state index in [2.05, 4.69) is 0 Å². The number of carbonyl (C=O) groups is 1. The third-order valence-corrected chi connectivity index (χ3v) is 3.12. The molecule has 0 saturated carbocycles. The number of rotatable bonds is 3. The van der Waals surface area contributed by atoms with Gasteiger partial charge in [0.05, 0.1) is 18.7 Å². The number of phenols is 2. The van der Waals surface area contributed by atoms with Crippen molar-refractivity contribution < 1.29 is 20.1 Å². The molecule has 0 spiro atoms. The van der Waals surface area contributed by atoms with Crippen molar-refractivity contribution in [2.24, 2.45) is 0 Å². The summed E-state index contributed by atoms with van der Waals surface area (Å²) in [5.41, 5.74) is -0.547. The summed E-state index contributed by atoms with van der Waals surface area (Å²) in [6.45, 7) is 2.59. The number of β-amino-alcohol motifs (C(OH)–C–C–N with tert-alkyl or cyclic N) is 1. The fraction of sp³-hybridized carbons (Fsp3) is 0.462. The fourth-order valence-corrected chi connectivity index (χ4v) is 2.33. The highest BCUT2D eigenvalue weighted by Gasteiger charge is 2.42. The molecule has 1 aromatic carbocycles. The SMILES string of the molecule is CCCC1(O)CN(C(=O)c2cc(O)cc(O)c2)C1. The lowest BCUT2D eigenvalue weighted by atomic mass is 9.89. The van der Waals surface area contributed by atoms with Crippen LogP contribution in [-0.4, -0.2) is 44.8 Å². The van der Waals surface area contributed by atoms with Crippen LogP contribution in [0.3, 0.4) is 0 Å². The molecule has 0 atom stereocenters. The molecule has 0 unspecified atom stereocenters. The summed E-state index contributed by atoms with van der Waals surface area (Å²) in [7, 11) is 0. The van der Waals surface area contributed by atoms with Crippen LogP contribution < -0.4 is 0 Å². The Morgan fingerprint density at radius 2 is 1.83 bits per heavy atom. The molecule has 5 heteroatoms. The summed E-state index contributed by atoms with van der Waals surface area (Å²) in [4.78, 5) is 13.5. The second-order valence-corrected chi connectivity index (χ2v) is 4.87. The lowest BCUT2D eigenvalue weighted by Crippen LogP contribution is -2.63. The summed E-state index contributed by atoms with van der Waals surface area (Å²) >= 11 is 0. The molecule has 1 amide bonds. The van der Waals surface area contributed by atoms with Gasteiger partial charge in [0.2, 0.25) is 0 Å². The number of aliphatic hydroxyl groups is 1. The number of hydrogen-bond acceptors (Lipinski definition) is 4. The van der Waals surface area contributed by atoms with E-state index in [4.69, 9.17) is 0 Å². The zero-order valence-electron chi connectivity index (χ0n) is 10.3. The monoisotopic (exact) mass is 251 g/mol. The summed E-state index contributed by atoms with van der Waals surface area (Å²) < 4.78 is 0. The third-order valence-electron chi connectivity index (χ3n) is 3.12. The molecule has 1 saturated heterocycles. The number of benzene rings is 1. The zero-order valence-corrected chi connectivity index (χ0v) is 10.3. The van der Waals surface area contributed by atoms with E-state index < -0.39 is 5.60 Å². The van der Waals surface area contributed by atoms with E-state index in [0.29, 0.717) is 19.5 Å². The number of hydrogen-bond donors (Lipinski definition) is 3. The van der Waals surface area contributed by atoms with Crippen LogP contribution in [0.25, 0.3) is 0 Å². The average molecular weight is 251 g/mol. The van der Waals surface area contributed by atoms with Crippen LogP contribution in [0.1, 0.15) is 30.1 Å². The summed E-state index contributed by atoms with van der Waals surface area (Å²) in [6.07, 6.45) is 1.54. The predicted octanol–water partition coefficient (Wildman–Crippen LogP) is 1.08. The fourth-order valence-electron chi connectivity index (χ4n) is 2.33. The quantitative estimate of drug-likeness (QED) is 0.751. The van der Waals surface area contributed by atoms with Gasteiger partial charge in [0.25, 0.3) is 5.91 Å². The van der Waals surface area contributed by atoms with Crippen molar-refractivity contribution in [3.63, 3.8) is 0 Å². The van der Waals surface area contributed by atoms with Crippen molar-refractivity contribution in [1.29, 1.82) is 0 Å². The number of carbonyl (C=O) groups excluding carboxylic acids is 1. The summed E-state index contributed by atoms with van der Waals surface area (Å²) in [5.74, 6) is -0.590. The minimum absolute atomic E-state index is 0.150. The van der Waals surface area contributed by atoms with Gasteiger partial charge in [-0.3, -0.25) is 4.79 Å². The van der Waals surface area contributed by atoms with Gasteiger partial charge in [-0.05, 0) is 18.6 Å². The van der Waals surface area contributed by atoms with E-state index >= 15 is 0 Å². The van der Waals surface area contributed by atoms with Crippen LogP contribution in [0, 0.1) is 0 Å². The lowest BCUT2D eigenvalue weighted by molar-refractivity contribution is -0.0860. The van der Waals surface area contributed by atoms with Crippen molar-refractivity contribution >= 4 is 5.91 Å². The maximum atomic E-state index is 12.0. The molecule has 1 aliphatic heterocycles. The molecule has 18 heavy (non-hydrogen) atoms. The van der Waals surface area contributed by atoms with Crippen LogP contribution in [0.4, 0.5) is 0 Å². The Bertz CT molecular complexity index is 446. The zero-order chi connectivity index (χ0) is 13.3. The number of amides is 1. The molecule has 0 aliphatic carbocycles. The minimum atomic E-state index is -0.775. The Balaban J connectivity index is 2.06. The smallest absolute Gasteiger partial charge is 0.254 e. The number of phenolic OH excluding ortho intramolecular Hbond substituents is 2. The molecule has 1 fully saturated rings. The molecule has 98 valence electrons. The maximum absolute atomic E-state index is 12.0. The Kier molecular flexibility index (Phi) is 3.17. The van der Waals surface area contributed by atoms with E-state index in [9.17, 15) is 20.1 Å². The van der Waals surface area contributed by atoms with E-state index in [1.807, 2.05) is 6.92 Å². The molecule has 3 N–H and O–H groups in total. The first-order valence-electron chi connectivity index (χ1n) is 5.98. The van der Waals surface area contributed by atoms with E-state index in [1.165, 1.54) is 23.1 Å². The van der Waals surface area contributed by atoms with Gasteiger partial charge < -0.3 is 20.2 Å². The summed E-state index contributed by atoms with van der Waals surface area (Å²) in [6, 6.07) is 3.78. The van der Waals surface area contributed by atoms with Crippen LogP contribution in [0.15, 0.2) is 18.2 Å². The highest BCUT2D eigenvalue weighted by molar-refractivity contribution is 5.95. The number of aromatic hydroxyl groups is 2.